The molecule has 1 atom stereocenters. The summed E-state index contributed by atoms with van der Waals surface area (Å²) in [7, 11) is 0. The average Bonchev–Trinajstić information content (AvgIpc) is 2.28. The molecule has 1 aliphatic heterocycles. The van der Waals surface area contributed by atoms with Crippen LogP contribution < -0.4 is 5.32 Å². The highest BCUT2D eigenvalue weighted by molar-refractivity contribution is 7.99. The van der Waals surface area contributed by atoms with Crippen molar-refractivity contribution in [2.75, 3.05) is 30.1 Å². The topological polar surface area (TPSA) is 49.3 Å². The first-order valence-electron chi connectivity index (χ1n) is 6.09. The van der Waals surface area contributed by atoms with Crippen molar-refractivity contribution >= 4 is 29.4 Å². The molecule has 1 unspecified atom stereocenters. The van der Waals surface area contributed by atoms with Crippen LogP contribution in [0.1, 0.15) is 26.2 Å². The van der Waals surface area contributed by atoms with Crippen LogP contribution in [-0.4, -0.2) is 46.7 Å². The molecule has 0 radical (unpaired) electrons. The summed E-state index contributed by atoms with van der Waals surface area (Å²) >= 11 is 3.57. The molecule has 1 rings (SSSR count). The van der Waals surface area contributed by atoms with Crippen molar-refractivity contribution in [3.05, 3.63) is 0 Å². The highest BCUT2D eigenvalue weighted by atomic mass is 32.2. The number of hydrogen-bond acceptors (Lipinski definition) is 4. The highest BCUT2D eigenvalue weighted by Crippen LogP contribution is 2.25. The molecular formula is C12H23NO2S2. The third kappa shape index (κ3) is 6.58. The van der Waals surface area contributed by atoms with Crippen LogP contribution in [0.15, 0.2) is 0 Å². The summed E-state index contributed by atoms with van der Waals surface area (Å²) < 4.78 is 0. The van der Waals surface area contributed by atoms with Crippen LogP contribution >= 0.6 is 23.5 Å². The van der Waals surface area contributed by atoms with E-state index in [2.05, 4.69) is 5.32 Å². The fourth-order valence-corrected chi connectivity index (χ4v) is 3.86. The summed E-state index contributed by atoms with van der Waals surface area (Å²) in [5, 5.41) is 12.8. The molecule has 1 amide bonds. The van der Waals surface area contributed by atoms with E-state index in [1.165, 1.54) is 11.5 Å². The predicted octanol–water partition coefficient (Wildman–Crippen LogP) is 1.75. The van der Waals surface area contributed by atoms with Gasteiger partial charge in [-0.05, 0) is 43.4 Å². The van der Waals surface area contributed by atoms with Crippen LogP contribution in [0.5, 0.6) is 0 Å². The Bertz CT molecular complexity index is 241. The number of carbonyl (C=O) groups excluding carboxylic acids is 1. The van der Waals surface area contributed by atoms with Crippen molar-refractivity contribution in [1.29, 1.82) is 0 Å². The van der Waals surface area contributed by atoms with E-state index in [4.69, 9.17) is 0 Å². The van der Waals surface area contributed by atoms with Gasteiger partial charge in [-0.1, -0.05) is 0 Å². The molecule has 1 aliphatic rings. The van der Waals surface area contributed by atoms with Crippen LogP contribution in [0.3, 0.4) is 0 Å². The second-order valence-electron chi connectivity index (χ2n) is 4.97. The first-order chi connectivity index (χ1) is 8.03. The Labute approximate surface area is 112 Å². The number of nitrogens with one attached hydrogen (secondary N) is 1. The fourth-order valence-electron chi connectivity index (χ4n) is 1.94. The van der Waals surface area contributed by atoms with Gasteiger partial charge in [0.15, 0.2) is 0 Å². The summed E-state index contributed by atoms with van der Waals surface area (Å²) in [5.41, 5.74) is -0.794. The minimum absolute atomic E-state index is 0.0864. The first kappa shape index (κ1) is 15.2. The predicted molar refractivity (Wildman–Crippen MR) is 76.7 cm³/mol. The maximum absolute atomic E-state index is 11.7. The number of carbonyl (C=O) groups is 1. The van der Waals surface area contributed by atoms with E-state index in [-0.39, 0.29) is 5.91 Å². The van der Waals surface area contributed by atoms with Gasteiger partial charge >= 0.3 is 0 Å². The summed E-state index contributed by atoms with van der Waals surface area (Å²) in [4.78, 5) is 11.7. The summed E-state index contributed by atoms with van der Waals surface area (Å²) in [6, 6.07) is 0. The SMILES string of the molecule is CSCC(C)(O)CNC(=O)CC1CCSCC1. The zero-order valence-electron chi connectivity index (χ0n) is 10.7. The second kappa shape index (κ2) is 7.54. The van der Waals surface area contributed by atoms with Gasteiger partial charge in [0.2, 0.25) is 5.91 Å². The molecule has 0 aliphatic carbocycles. The van der Waals surface area contributed by atoms with Crippen LogP contribution in [0.25, 0.3) is 0 Å². The van der Waals surface area contributed by atoms with Gasteiger partial charge in [0.1, 0.15) is 0 Å². The van der Waals surface area contributed by atoms with Gasteiger partial charge in [-0.25, -0.2) is 0 Å². The standard InChI is InChI=1S/C12H23NO2S2/c1-12(15,9-16-2)8-13-11(14)7-10-3-5-17-6-4-10/h10,15H,3-9H2,1-2H3,(H,13,14). The van der Waals surface area contributed by atoms with E-state index in [9.17, 15) is 9.90 Å². The lowest BCUT2D eigenvalue weighted by Crippen LogP contribution is -2.42. The van der Waals surface area contributed by atoms with Gasteiger partial charge in [-0.15, -0.1) is 0 Å². The van der Waals surface area contributed by atoms with Crippen molar-refractivity contribution in [1.82, 2.24) is 5.32 Å². The molecule has 17 heavy (non-hydrogen) atoms. The van der Waals surface area contributed by atoms with Crippen LogP contribution in [-0.2, 0) is 4.79 Å². The summed E-state index contributed by atoms with van der Waals surface area (Å²) in [5.74, 6) is 3.64. The van der Waals surface area contributed by atoms with Crippen LogP contribution in [0.2, 0.25) is 0 Å². The van der Waals surface area contributed by atoms with Crippen molar-refractivity contribution < 1.29 is 9.90 Å². The maximum Gasteiger partial charge on any atom is 0.220 e. The van der Waals surface area contributed by atoms with E-state index >= 15 is 0 Å². The van der Waals surface area contributed by atoms with Gasteiger partial charge in [0.25, 0.3) is 0 Å². The number of thioether (sulfide) groups is 2. The van der Waals surface area contributed by atoms with Crippen molar-refractivity contribution in [3.8, 4) is 0 Å². The average molecular weight is 277 g/mol. The quantitative estimate of drug-likeness (QED) is 0.776. The molecule has 2 N–H and O–H groups in total. The van der Waals surface area contributed by atoms with Crippen molar-refractivity contribution in [2.45, 2.75) is 31.8 Å². The zero-order valence-corrected chi connectivity index (χ0v) is 12.3. The Morgan fingerprint density at radius 3 is 2.76 bits per heavy atom. The summed E-state index contributed by atoms with van der Waals surface area (Å²) in [6.45, 7) is 2.12. The molecule has 0 aromatic heterocycles. The maximum atomic E-state index is 11.7. The normalized spacial score (nSPS) is 20.9. The Morgan fingerprint density at radius 1 is 1.53 bits per heavy atom. The Balaban J connectivity index is 2.20. The minimum atomic E-state index is -0.794. The Kier molecular flexibility index (Phi) is 6.74. The van der Waals surface area contributed by atoms with Gasteiger partial charge in [0.05, 0.1) is 5.60 Å². The molecule has 3 nitrogen and oxygen atoms in total. The van der Waals surface area contributed by atoms with Gasteiger partial charge in [0, 0.05) is 18.7 Å². The smallest absolute Gasteiger partial charge is 0.220 e. The molecular weight excluding hydrogens is 254 g/mol. The number of hydrogen-bond donors (Lipinski definition) is 2. The first-order valence-corrected chi connectivity index (χ1v) is 8.64. The lowest BCUT2D eigenvalue weighted by molar-refractivity contribution is -0.123. The molecule has 1 fully saturated rings. The molecule has 0 aromatic carbocycles. The van der Waals surface area contributed by atoms with E-state index < -0.39 is 5.60 Å². The minimum Gasteiger partial charge on any atom is -0.387 e. The largest absolute Gasteiger partial charge is 0.387 e. The molecule has 0 bridgehead atoms. The zero-order chi connectivity index (χ0) is 12.7. The Hall–Kier alpha value is 0.130. The van der Waals surface area contributed by atoms with Gasteiger partial charge in [-0.3, -0.25) is 4.79 Å². The van der Waals surface area contributed by atoms with Crippen LogP contribution in [0.4, 0.5) is 0 Å². The molecule has 0 aromatic rings. The molecule has 0 spiro atoms. The van der Waals surface area contributed by atoms with Gasteiger partial charge < -0.3 is 10.4 Å². The lowest BCUT2D eigenvalue weighted by atomic mass is 9.98. The van der Waals surface area contributed by atoms with Gasteiger partial charge in [-0.2, -0.15) is 23.5 Å². The number of amides is 1. The van der Waals surface area contributed by atoms with E-state index in [0.29, 0.717) is 24.6 Å². The number of aliphatic hydroxyl groups is 1. The third-order valence-electron chi connectivity index (χ3n) is 2.94. The second-order valence-corrected chi connectivity index (χ2v) is 7.06. The third-order valence-corrected chi connectivity index (χ3v) is 4.90. The summed E-state index contributed by atoms with van der Waals surface area (Å²) in [6.07, 6.45) is 4.88. The molecule has 1 heterocycles. The van der Waals surface area contributed by atoms with E-state index in [1.807, 2.05) is 18.0 Å². The van der Waals surface area contributed by atoms with Crippen molar-refractivity contribution in [3.63, 3.8) is 0 Å². The highest BCUT2D eigenvalue weighted by Gasteiger charge is 2.22. The molecule has 5 heteroatoms. The van der Waals surface area contributed by atoms with E-state index in [1.54, 1.807) is 18.7 Å². The molecule has 1 saturated heterocycles. The Morgan fingerprint density at radius 2 is 2.18 bits per heavy atom. The van der Waals surface area contributed by atoms with Crippen LogP contribution in [0, 0.1) is 5.92 Å². The molecule has 100 valence electrons. The number of rotatable bonds is 6. The fraction of sp³-hybridized carbons (Fsp3) is 0.917. The molecule has 0 saturated carbocycles. The van der Waals surface area contributed by atoms with Crippen molar-refractivity contribution in [2.24, 2.45) is 5.92 Å². The lowest BCUT2D eigenvalue weighted by Gasteiger charge is -2.24. The van der Waals surface area contributed by atoms with E-state index in [0.717, 1.165) is 12.8 Å². The monoisotopic (exact) mass is 277 g/mol.